The molecule has 4 bridgehead atoms. The highest BCUT2D eigenvalue weighted by molar-refractivity contribution is 5.83. The van der Waals surface area contributed by atoms with Gasteiger partial charge in [-0.1, -0.05) is 20.8 Å². The highest BCUT2D eigenvalue weighted by Gasteiger charge is 2.54. The predicted molar refractivity (Wildman–Crippen MR) is 93.9 cm³/mol. The number of carbonyl (C=O) groups excluding carboxylic acids is 1. The van der Waals surface area contributed by atoms with Gasteiger partial charge < -0.3 is 5.32 Å². The van der Waals surface area contributed by atoms with Gasteiger partial charge in [-0.15, -0.1) is 0 Å². The average molecular weight is 318 g/mol. The maximum atomic E-state index is 13.1. The highest BCUT2D eigenvalue weighted by Crippen LogP contribution is 2.60. The van der Waals surface area contributed by atoms with Crippen LogP contribution in [0.2, 0.25) is 0 Å². The molecule has 130 valence electrons. The van der Waals surface area contributed by atoms with E-state index in [0.29, 0.717) is 17.4 Å². The van der Waals surface area contributed by atoms with Crippen molar-refractivity contribution in [3.05, 3.63) is 0 Å². The number of hydrogen-bond acceptors (Lipinski definition) is 1. The molecule has 1 N–H and O–H groups in total. The van der Waals surface area contributed by atoms with Crippen LogP contribution < -0.4 is 5.32 Å². The third-order valence-electron chi connectivity index (χ3n) is 7.81. The van der Waals surface area contributed by atoms with Crippen LogP contribution in [0.5, 0.6) is 0 Å². The summed E-state index contributed by atoms with van der Waals surface area (Å²) in [4.78, 5) is 13.1. The molecule has 5 aliphatic rings. The predicted octanol–water partition coefficient (Wildman–Crippen LogP) is 4.92. The summed E-state index contributed by atoms with van der Waals surface area (Å²) < 4.78 is 0. The minimum absolute atomic E-state index is 0.0373. The molecule has 0 aromatic rings. The summed E-state index contributed by atoms with van der Waals surface area (Å²) in [5.41, 5.74) is 0.463. The van der Waals surface area contributed by atoms with E-state index in [2.05, 4.69) is 26.1 Å². The van der Waals surface area contributed by atoms with Gasteiger partial charge in [0.2, 0.25) is 5.91 Å². The Labute approximate surface area is 142 Å². The standard InChI is InChI=1S/C21H35NO/c1-20(2,3)17-4-6-18(7-5-17)22-19(23)21-11-14-8-15(12-21)10-16(9-14)13-21/h14-18H,4-13H2,1-3H3,(H,22,23). The Morgan fingerprint density at radius 1 is 0.870 bits per heavy atom. The zero-order valence-corrected chi connectivity index (χ0v) is 15.4. The van der Waals surface area contributed by atoms with E-state index >= 15 is 0 Å². The fraction of sp³-hybridized carbons (Fsp3) is 0.952. The molecule has 2 nitrogen and oxygen atoms in total. The van der Waals surface area contributed by atoms with Crippen molar-refractivity contribution in [3.8, 4) is 0 Å². The van der Waals surface area contributed by atoms with E-state index in [0.717, 1.165) is 23.7 Å². The monoisotopic (exact) mass is 317 g/mol. The lowest BCUT2D eigenvalue weighted by Crippen LogP contribution is -2.55. The van der Waals surface area contributed by atoms with Crippen LogP contribution in [0.4, 0.5) is 0 Å². The molecule has 0 aromatic heterocycles. The van der Waals surface area contributed by atoms with Crippen molar-refractivity contribution in [1.82, 2.24) is 5.32 Å². The number of hydrogen-bond donors (Lipinski definition) is 1. The lowest BCUT2D eigenvalue weighted by atomic mass is 9.49. The molecule has 23 heavy (non-hydrogen) atoms. The normalized spacial score (nSPS) is 46.0. The molecule has 0 aliphatic heterocycles. The summed E-state index contributed by atoms with van der Waals surface area (Å²) in [5, 5.41) is 3.51. The van der Waals surface area contributed by atoms with E-state index in [1.807, 2.05) is 0 Å². The molecule has 2 heteroatoms. The Hall–Kier alpha value is -0.530. The Balaban J connectivity index is 1.36. The molecule has 0 radical (unpaired) electrons. The van der Waals surface area contributed by atoms with Gasteiger partial charge in [0.1, 0.15) is 0 Å². The molecule has 0 atom stereocenters. The molecule has 5 fully saturated rings. The quantitative estimate of drug-likeness (QED) is 0.769. The van der Waals surface area contributed by atoms with Crippen LogP contribution in [0, 0.1) is 34.5 Å². The topological polar surface area (TPSA) is 29.1 Å². The van der Waals surface area contributed by atoms with E-state index < -0.39 is 0 Å². The fourth-order valence-corrected chi connectivity index (χ4v) is 6.83. The molecular weight excluding hydrogens is 282 g/mol. The summed E-state index contributed by atoms with van der Waals surface area (Å²) in [7, 11) is 0. The van der Waals surface area contributed by atoms with Gasteiger partial charge in [0.05, 0.1) is 0 Å². The fourth-order valence-electron chi connectivity index (χ4n) is 6.83. The largest absolute Gasteiger partial charge is 0.353 e. The van der Waals surface area contributed by atoms with E-state index in [1.165, 1.54) is 64.2 Å². The van der Waals surface area contributed by atoms with Crippen molar-refractivity contribution in [1.29, 1.82) is 0 Å². The van der Waals surface area contributed by atoms with Crippen molar-refractivity contribution in [2.75, 3.05) is 0 Å². The molecule has 0 saturated heterocycles. The first-order valence-electron chi connectivity index (χ1n) is 10.1. The van der Waals surface area contributed by atoms with Crippen LogP contribution >= 0.6 is 0 Å². The number of carbonyl (C=O) groups is 1. The first-order valence-corrected chi connectivity index (χ1v) is 10.1. The first kappa shape index (κ1) is 16.0. The van der Waals surface area contributed by atoms with Crippen molar-refractivity contribution >= 4 is 5.91 Å². The second-order valence-electron chi connectivity index (χ2n) is 10.6. The van der Waals surface area contributed by atoms with Crippen molar-refractivity contribution < 1.29 is 4.79 Å². The third kappa shape index (κ3) is 2.96. The van der Waals surface area contributed by atoms with Crippen LogP contribution in [0.1, 0.15) is 85.0 Å². The van der Waals surface area contributed by atoms with E-state index in [9.17, 15) is 4.79 Å². The van der Waals surface area contributed by atoms with Crippen LogP contribution in [-0.4, -0.2) is 11.9 Å². The lowest BCUT2D eigenvalue weighted by molar-refractivity contribution is -0.147. The van der Waals surface area contributed by atoms with Gasteiger partial charge in [0, 0.05) is 11.5 Å². The van der Waals surface area contributed by atoms with Gasteiger partial charge in [-0.25, -0.2) is 0 Å². The minimum atomic E-state index is 0.0373. The summed E-state index contributed by atoms with van der Waals surface area (Å²) in [6.07, 6.45) is 12.8. The number of amides is 1. The van der Waals surface area contributed by atoms with Crippen molar-refractivity contribution in [2.45, 2.75) is 91.0 Å². The average Bonchev–Trinajstić information content (AvgIpc) is 2.45. The van der Waals surface area contributed by atoms with Crippen LogP contribution in [0.25, 0.3) is 0 Å². The highest BCUT2D eigenvalue weighted by atomic mass is 16.2. The van der Waals surface area contributed by atoms with E-state index in [1.54, 1.807) is 0 Å². The van der Waals surface area contributed by atoms with Crippen LogP contribution in [-0.2, 0) is 4.79 Å². The Morgan fingerprint density at radius 3 is 1.78 bits per heavy atom. The van der Waals surface area contributed by atoms with E-state index in [4.69, 9.17) is 0 Å². The SMILES string of the molecule is CC(C)(C)C1CCC(NC(=O)C23CC4CC(CC(C4)C2)C3)CC1. The summed E-state index contributed by atoms with van der Waals surface area (Å²) in [6.45, 7) is 7.10. The second-order valence-corrected chi connectivity index (χ2v) is 10.6. The summed E-state index contributed by atoms with van der Waals surface area (Å²) in [6, 6.07) is 0.453. The van der Waals surface area contributed by atoms with Gasteiger partial charge >= 0.3 is 0 Å². The maximum absolute atomic E-state index is 13.1. The molecule has 0 spiro atoms. The molecule has 0 unspecified atom stereocenters. The van der Waals surface area contributed by atoms with Gasteiger partial charge in [0.15, 0.2) is 0 Å². The molecule has 5 rings (SSSR count). The smallest absolute Gasteiger partial charge is 0.226 e. The first-order chi connectivity index (χ1) is 10.8. The molecule has 5 saturated carbocycles. The molecule has 0 aromatic carbocycles. The zero-order chi connectivity index (χ0) is 16.2. The maximum Gasteiger partial charge on any atom is 0.226 e. The Bertz CT molecular complexity index is 431. The van der Waals surface area contributed by atoms with Crippen molar-refractivity contribution in [3.63, 3.8) is 0 Å². The Morgan fingerprint density at radius 2 is 1.35 bits per heavy atom. The van der Waals surface area contributed by atoms with Crippen molar-refractivity contribution in [2.24, 2.45) is 34.5 Å². The number of rotatable bonds is 2. The number of nitrogens with one attached hydrogen (secondary N) is 1. The van der Waals surface area contributed by atoms with Gasteiger partial charge in [0.25, 0.3) is 0 Å². The summed E-state index contributed by atoms with van der Waals surface area (Å²) in [5.74, 6) is 3.86. The molecule has 5 aliphatic carbocycles. The minimum Gasteiger partial charge on any atom is -0.353 e. The third-order valence-corrected chi connectivity index (χ3v) is 7.81. The second kappa shape index (κ2) is 5.49. The van der Waals surface area contributed by atoms with Gasteiger partial charge in [-0.3, -0.25) is 4.79 Å². The van der Waals surface area contributed by atoms with Gasteiger partial charge in [-0.2, -0.15) is 0 Å². The lowest BCUT2D eigenvalue weighted by Gasteiger charge is -2.56. The molecular formula is C21H35NO. The molecule has 0 heterocycles. The summed E-state index contributed by atoms with van der Waals surface area (Å²) >= 11 is 0. The Kier molecular flexibility index (Phi) is 3.81. The van der Waals surface area contributed by atoms with Crippen LogP contribution in [0.15, 0.2) is 0 Å². The zero-order valence-electron chi connectivity index (χ0n) is 15.4. The molecule has 1 amide bonds. The van der Waals surface area contributed by atoms with Crippen LogP contribution in [0.3, 0.4) is 0 Å². The van der Waals surface area contributed by atoms with E-state index in [-0.39, 0.29) is 5.41 Å². The van der Waals surface area contributed by atoms with Gasteiger partial charge in [-0.05, 0) is 93.3 Å².